The van der Waals surface area contributed by atoms with E-state index < -0.39 is 0 Å². The highest BCUT2D eigenvalue weighted by Crippen LogP contribution is 2.31. The van der Waals surface area contributed by atoms with Gasteiger partial charge in [-0.15, -0.1) is 0 Å². The number of benzene rings is 1. The van der Waals surface area contributed by atoms with E-state index in [1.807, 2.05) is 26.0 Å². The van der Waals surface area contributed by atoms with Crippen LogP contribution in [-0.2, 0) is 6.54 Å². The van der Waals surface area contributed by atoms with Gasteiger partial charge in [-0.3, -0.25) is 0 Å². The highest BCUT2D eigenvalue weighted by atomic mass is 16.5. The largest absolute Gasteiger partial charge is 0.491 e. The van der Waals surface area contributed by atoms with E-state index in [0.29, 0.717) is 0 Å². The van der Waals surface area contributed by atoms with E-state index in [1.165, 1.54) is 18.4 Å². The van der Waals surface area contributed by atoms with Crippen LogP contribution in [0.15, 0.2) is 24.3 Å². The van der Waals surface area contributed by atoms with Crippen molar-refractivity contribution in [2.24, 2.45) is 5.92 Å². The second-order valence-corrected chi connectivity index (χ2v) is 6.79. The molecular formula is C18H29NO2. The minimum atomic E-state index is -0.0837. The maximum absolute atomic E-state index is 9.77. The molecule has 3 heteroatoms. The van der Waals surface area contributed by atoms with Crippen molar-refractivity contribution in [1.82, 2.24) is 5.32 Å². The number of nitrogens with one attached hydrogen (secondary N) is 1. The summed E-state index contributed by atoms with van der Waals surface area (Å²) >= 11 is 0. The first kappa shape index (κ1) is 16.3. The zero-order chi connectivity index (χ0) is 15.3. The van der Waals surface area contributed by atoms with Gasteiger partial charge >= 0.3 is 0 Å². The van der Waals surface area contributed by atoms with Gasteiger partial charge < -0.3 is 15.2 Å². The lowest BCUT2D eigenvalue weighted by Crippen LogP contribution is -2.50. The van der Waals surface area contributed by atoms with Crippen molar-refractivity contribution in [3.05, 3.63) is 29.8 Å². The normalized spacial score (nSPS) is 26.0. The lowest BCUT2D eigenvalue weighted by molar-refractivity contribution is 0.104. The Morgan fingerprint density at radius 1 is 1.24 bits per heavy atom. The molecular weight excluding hydrogens is 262 g/mol. The predicted molar refractivity (Wildman–Crippen MR) is 86.5 cm³/mol. The number of aliphatic hydroxyl groups excluding tert-OH is 1. The van der Waals surface area contributed by atoms with Crippen molar-refractivity contribution >= 4 is 0 Å². The van der Waals surface area contributed by atoms with Gasteiger partial charge in [-0.1, -0.05) is 19.1 Å². The van der Waals surface area contributed by atoms with Crippen LogP contribution in [0.2, 0.25) is 0 Å². The molecule has 3 nitrogen and oxygen atoms in total. The van der Waals surface area contributed by atoms with Crippen molar-refractivity contribution in [3.63, 3.8) is 0 Å². The van der Waals surface area contributed by atoms with Crippen molar-refractivity contribution in [1.29, 1.82) is 0 Å². The molecule has 1 saturated carbocycles. The molecule has 2 rings (SSSR count). The highest BCUT2D eigenvalue weighted by molar-refractivity contribution is 5.27. The molecule has 0 spiro atoms. The van der Waals surface area contributed by atoms with Crippen LogP contribution in [0.3, 0.4) is 0 Å². The number of aliphatic hydroxyl groups is 1. The molecule has 0 saturated heterocycles. The summed E-state index contributed by atoms with van der Waals surface area (Å²) in [6.07, 6.45) is 4.75. The molecule has 0 atom stereocenters. The number of hydrogen-bond donors (Lipinski definition) is 2. The number of hydrogen-bond acceptors (Lipinski definition) is 3. The van der Waals surface area contributed by atoms with Gasteiger partial charge in [0.25, 0.3) is 0 Å². The second-order valence-electron chi connectivity index (χ2n) is 6.79. The van der Waals surface area contributed by atoms with Gasteiger partial charge in [0.1, 0.15) is 5.75 Å². The number of rotatable bonds is 6. The van der Waals surface area contributed by atoms with Crippen LogP contribution in [0.5, 0.6) is 5.75 Å². The first-order valence-electron chi connectivity index (χ1n) is 8.14. The molecule has 21 heavy (non-hydrogen) atoms. The molecule has 1 aliphatic rings. The summed E-state index contributed by atoms with van der Waals surface area (Å²) in [4.78, 5) is 0. The van der Waals surface area contributed by atoms with Gasteiger partial charge in [0.05, 0.1) is 12.7 Å². The smallest absolute Gasteiger partial charge is 0.119 e. The summed E-state index contributed by atoms with van der Waals surface area (Å²) in [5, 5.41) is 13.4. The highest BCUT2D eigenvalue weighted by Gasteiger charge is 2.32. The third-order valence-corrected chi connectivity index (χ3v) is 4.50. The van der Waals surface area contributed by atoms with E-state index >= 15 is 0 Å². The van der Waals surface area contributed by atoms with Gasteiger partial charge in [-0.05, 0) is 63.1 Å². The average Bonchev–Trinajstić information content (AvgIpc) is 2.48. The van der Waals surface area contributed by atoms with Crippen LogP contribution < -0.4 is 10.1 Å². The summed E-state index contributed by atoms with van der Waals surface area (Å²) in [6, 6.07) is 8.24. The van der Waals surface area contributed by atoms with E-state index in [4.69, 9.17) is 4.74 Å². The summed E-state index contributed by atoms with van der Waals surface area (Å²) in [5.74, 6) is 1.70. The molecule has 0 unspecified atom stereocenters. The van der Waals surface area contributed by atoms with Crippen LogP contribution in [0.25, 0.3) is 0 Å². The van der Waals surface area contributed by atoms with Crippen molar-refractivity contribution in [2.75, 3.05) is 6.61 Å². The molecule has 0 aliphatic heterocycles. The van der Waals surface area contributed by atoms with Gasteiger partial charge in [0.2, 0.25) is 0 Å². The Kier molecular flexibility index (Phi) is 5.65. The molecule has 2 N–H and O–H groups in total. The monoisotopic (exact) mass is 291 g/mol. The second kappa shape index (κ2) is 7.28. The Hall–Kier alpha value is -1.06. The van der Waals surface area contributed by atoms with Crippen molar-refractivity contribution in [2.45, 2.75) is 64.6 Å². The maximum atomic E-state index is 9.77. The van der Waals surface area contributed by atoms with Gasteiger partial charge in [0.15, 0.2) is 0 Å². The zero-order valence-electron chi connectivity index (χ0n) is 13.6. The van der Waals surface area contributed by atoms with Gasteiger partial charge in [-0.25, -0.2) is 0 Å². The first-order valence-corrected chi connectivity index (χ1v) is 8.14. The Labute approximate surface area is 128 Å². The fourth-order valence-electron chi connectivity index (χ4n) is 2.95. The molecule has 0 aromatic heterocycles. The molecule has 118 valence electrons. The lowest BCUT2D eigenvalue weighted by atomic mass is 9.77. The Bertz CT molecular complexity index is 419. The topological polar surface area (TPSA) is 41.5 Å². The first-order chi connectivity index (χ1) is 10.0. The molecule has 0 heterocycles. The average molecular weight is 291 g/mol. The number of ether oxygens (including phenoxy) is 1. The zero-order valence-corrected chi connectivity index (χ0v) is 13.6. The fourth-order valence-corrected chi connectivity index (χ4v) is 2.95. The van der Waals surface area contributed by atoms with Crippen LogP contribution in [0.1, 0.15) is 52.0 Å². The molecule has 0 radical (unpaired) electrons. The Morgan fingerprint density at radius 3 is 2.38 bits per heavy atom. The van der Waals surface area contributed by atoms with E-state index in [2.05, 4.69) is 24.4 Å². The minimum Gasteiger partial charge on any atom is -0.491 e. The molecule has 1 aromatic rings. The molecule has 0 amide bonds. The van der Waals surface area contributed by atoms with Crippen molar-refractivity contribution < 1.29 is 9.84 Å². The SMILES string of the molecule is CC1CCC(CO)(NCc2ccc(OC(C)C)cc2)CC1. The molecule has 1 aromatic carbocycles. The molecule has 0 bridgehead atoms. The van der Waals surface area contributed by atoms with E-state index in [9.17, 15) is 5.11 Å². The maximum Gasteiger partial charge on any atom is 0.119 e. The quantitative estimate of drug-likeness (QED) is 0.843. The molecule has 1 fully saturated rings. The van der Waals surface area contributed by atoms with E-state index in [0.717, 1.165) is 31.1 Å². The summed E-state index contributed by atoms with van der Waals surface area (Å²) in [7, 11) is 0. The minimum absolute atomic E-state index is 0.0837. The van der Waals surface area contributed by atoms with Crippen LogP contribution in [0, 0.1) is 5.92 Å². The molecule has 1 aliphatic carbocycles. The van der Waals surface area contributed by atoms with E-state index in [-0.39, 0.29) is 18.2 Å². The summed E-state index contributed by atoms with van der Waals surface area (Å²) in [6.45, 7) is 7.40. The predicted octanol–water partition coefficient (Wildman–Crippen LogP) is 3.50. The van der Waals surface area contributed by atoms with Crippen LogP contribution in [-0.4, -0.2) is 23.4 Å². The van der Waals surface area contributed by atoms with Gasteiger partial charge in [-0.2, -0.15) is 0 Å². The Morgan fingerprint density at radius 2 is 1.86 bits per heavy atom. The fraction of sp³-hybridized carbons (Fsp3) is 0.667. The summed E-state index contributed by atoms with van der Waals surface area (Å²) < 4.78 is 5.66. The van der Waals surface area contributed by atoms with Gasteiger partial charge in [0, 0.05) is 12.1 Å². The Balaban J connectivity index is 1.89. The van der Waals surface area contributed by atoms with Crippen LogP contribution in [0.4, 0.5) is 0 Å². The summed E-state index contributed by atoms with van der Waals surface area (Å²) in [5.41, 5.74) is 1.15. The van der Waals surface area contributed by atoms with E-state index in [1.54, 1.807) is 0 Å². The van der Waals surface area contributed by atoms with Crippen LogP contribution >= 0.6 is 0 Å². The third kappa shape index (κ3) is 4.72. The van der Waals surface area contributed by atoms with Crippen molar-refractivity contribution in [3.8, 4) is 5.75 Å². The lowest BCUT2D eigenvalue weighted by Gasteiger charge is -2.39. The third-order valence-electron chi connectivity index (χ3n) is 4.50. The standard InChI is InChI=1S/C18H29NO2/c1-14(2)21-17-6-4-16(5-7-17)12-19-18(13-20)10-8-15(3)9-11-18/h4-7,14-15,19-20H,8-13H2,1-3H3.